The molecule has 0 aliphatic carbocycles. The fraction of sp³-hybridized carbons (Fsp3) is 0.500. The predicted molar refractivity (Wildman–Crippen MR) is 80.1 cm³/mol. The van der Waals surface area contributed by atoms with E-state index in [0.29, 0.717) is 12.2 Å². The highest BCUT2D eigenvalue weighted by Gasteiger charge is 2.05. The van der Waals surface area contributed by atoms with Crippen molar-refractivity contribution < 1.29 is 9.90 Å². The Morgan fingerprint density at radius 2 is 2.10 bits per heavy atom. The number of rotatable bonds is 8. The number of nitrogens with one attached hydrogen (secondary N) is 3. The standard InChI is InChI=1S/C12H18N6O2S/c19-5-4-14-12(20)13-3-1-2-6-21-11-9-10(16-7-15-9)17-8-18-11/h7-8,19H,1-6H2,(H2,13,14,20)(H,15,16,17,18). The average molecular weight is 310 g/mol. The smallest absolute Gasteiger partial charge is 0.314 e. The summed E-state index contributed by atoms with van der Waals surface area (Å²) in [7, 11) is 0. The number of aromatic amines is 1. The van der Waals surface area contributed by atoms with Crippen molar-refractivity contribution in [1.82, 2.24) is 30.6 Å². The third-order valence-electron chi connectivity index (χ3n) is 2.68. The van der Waals surface area contributed by atoms with Crippen LogP contribution in [0.1, 0.15) is 12.8 Å². The minimum absolute atomic E-state index is 0.0505. The lowest BCUT2D eigenvalue weighted by molar-refractivity contribution is 0.234. The predicted octanol–water partition coefficient (Wildman–Crippen LogP) is 0.517. The summed E-state index contributed by atoms with van der Waals surface area (Å²) in [5.74, 6) is 0.908. The van der Waals surface area contributed by atoms with Crippen molar-refractivity contribution in [2.75, 3.05) is 25.4 Å². The third kappa shape index (κ3) is 4.87. The molecule has 4 N–H and O–H groups in total. The fourth-order valence-corrected chi connectivity index (χ4v) is 2.64. The molecule has 0 fully saturated rings. The van der Waals surface area contributed by atoms with E-state index in [1.165, 1.54) is 6.33 Å². The molecule has 9 heteroatoms. The number of urea groups is 1. The van der Waals surface area contributed by atoms with E-state index in [1.54, 1.807) is 18.1 Å². The highest BCUT2D eigenvalue weighted by Crippen LogP contribution is 2.22. The number of amides is 2. The lowest BCUT2D eigenvalue weighted by Crippen LogP contribution is -2.37. The van der Waals surface area contributed by atoms with Gasteiger partial charge in [-0.3, -0.25) is 0 Å². The molecule has 0 saturated carbocycles. The maximum atomic E-state index is 11.2. The molecule has 21 heavy (non-hydrogen) atoms. The van der Waals surface area contributed by atoms with Crippen LogP contribution in [0, 0.1) is 0 Å². The van der Waals surface area contributed by atoms with Gasteiger partial charge in [0, 0.05) is 13.1 Å². The SMILES string of the molecule is O=C(NCCO)NCCCCSc1ncnc2nc[nH]c12. The van der Waals surface area contributed by atoms with Crippen LogP contribution in [0.2, 0.25) is 0 Å². The summed E-state index contributed by atoms with van der Waals surface area (Å²) in [6, 6.07) is -0.244. The number of H-pyrrole nitrogens is 1. The highest BCUT2D eigenvalue weighted by atomic mass is 32.2. The lowest BCUT2D eigenvalue weighted by atomic mass is 10.3. The molecule has 0 atom stereocenters. The van der Waals surface area contributed by atoms with Crippen molar-refractivity contribution >= 4 is 29.0 Å². The Labute approximate surface area is 126 Å². The topological polar surface area (TPSA) is 116 Å². The number of unbranched alkanes of at least 4 members (excludes halogenated alkanes) is 1. The molecule has 0 saturated heterocycles. The van der Waals surface area contributed by atoms with E-state index in [4.69, 9.17) is 5.11 Å². The summed E-state index contributed by atoms with van der Waals surface area (Å²) >= 11 is 1.64. The number of carbonyl (C=O) groups is 1. The summed E-state index contributed by atoms with van der Waals surface area (Å²) in [6.45, 7) is 0.835. The van der Waals surface area contributed by atoms with Gasteiger partial charge in [0.2, 0.25) is 0 Å². The number of fused-ring (bicyclic) bond motifs is 1. The van der Waals surface area contributed by atoms with Gasteiger partial charge >= 0.3 is 6.03 Å². The molecule has 0 unspecified atom stereocenters. The molecule has 0 aliphatic rings. The van der Waals surface area contributed by atoms with E-state index in [0.717, 1.165) is 29.1 Å². The monoisotopic (exact) mass is 310 g/mol. The summed E-state index contributed by atoms with van der Waals surface area (Å²) in [4.78, 5) is 26.6. The van der Waals surface area contributed by atoms with Gasteiger partial charge in [0.05, 0.1) is 12.9 Å². The number of hydrogen-bond acceptors (Lipinski definition) is 6. The van der Waals surface area contributed by atoms with Gasteiger partial charge in [0.25, 0.3) is 0 Å². The van der Waals surface area contributed by atoms with Crippen LogP contribution in [0.4, 0.5) is 4.79 Å². The minimum Gasteiger partial charge on any atom is -0.395 e. The Morgan fingerprint density at radius 3 is 2.95 bits per heavy atom. The van der Waals surface area contributed by atoms with Crippen LogP contribution in [0.25, 0.3) is 11.2 Å². The molecule has 2 heterocycles. The van der Waals surface area contributed by atoms with Crippen molar-refractivity contribution in [2.24, 2.45) is 0 Å². The second kappa shape index (κ2) is 8.42. The van der Waals surface area contributed by atoms with Crippen LogP contribution in [-0.2, 0) is 0 Å². The quantitative estimate of drug-likeness (QED) is 0.321. The van der Waals surface area contributed by atoms with Crippen molar-refractivity contribution in [3.05, 3.63) is 12.7 Å². The van der Waals surface area contributed by atoms with E-state index >= 15 is 0 Å². The first-order valence-corrected chi connectivity index (χ1v) is 7.69. The normalized spacial score (nSPS) is 10.7. The first-order chi connectivity index (χ1) is 10.3. The third-order valence-corrected chi connectivity index (χ3v) is 3.76. The number of nitrogens with zero attached hydrogens (tertiary/aromatic N) is 3. The fourth-order valence-electron chi connectivity index (χ4n) is 1.68. The van der Waals surface area contributed by atoms with Crippen LogP contribution in [0.5, 0.6) is 0 Å². The molecular weight excluding hydrogens is 292 g/mol. The second-order valence-corrected chi connectivity index (χ2v) is 5.33. The van der Waals surface area contributed by atoms with Crippen LogP contribution in [0.15, 0.2) is 17.7 Å². The molecule has 2 aromatic rings. The Hall–Kier alpha value is -1.87. The van der Waals surface area contributed by atoms with Crippen molar-refractivity contribution in [3.8, 4) is 0 Å². The summed E-state index contributed by atoms with van der Waals surface area (Å²) in [5, 5.41) is 14.7. The number of aliphatic hydroxyl groups is 1. The molecular formula is C12H18N6O2S. The largest absolute Gasteiger partial charge is 0.395 e. The number of hydrogen-bond donors (Lipinski definition) is 4. The van der Waals surface area contributed by atoms with Gasteiger partial charge in [0.15, 0.2) is 5.65 Å². The van der Waals surface area contributed by atoms with Crippen LogP contribution >= 0.6 is 11.8 Å². The molecule has 2 aromatic heterocycles. The van der Waals surface area contributed by atoms with Crippen molar-refractivity contribution in [3.63, 3.8) is 0 Å². The first-order valence-electron chi connectivity index (χ1n) is 6.70. The van der Waals surface area contributed by atoms with E-state index in [9.17, 15) is 4.79 Å². The van der Waals surface area contributed by atoms with E-state index in [-0.39, 0.29) is 19.2 Å². The highest BCUT2D eigenvalue weighted by molar-refractivity contribution is 7.99. The Morgan fingerprint density at radius 1 is 1.24 bits per heavy atom. The Bertz CT molecular complexity index is 576. The summed E-state index contributed by atoms with van der Waals surface area (Å²) in [5.41, 5.74) is 1.54. The van der Waals surface area contributed by atoms with Gasteiger partial charge in [0.1, 0.15) is 16.9 Å². The van der Waals surface area contributed by atoms with Gasteiger partial charge in [-0.1, -0.05) is 0 Å². The zero-order chi connectivity index (χ0) is 14.9. The van der Waals surface area contributed by atoms with Crippen molar-refractivity contribution in [1.29, 1.82) is 0 Å². The van der Waals surface area contributed by atoms with Gasteiger partial charge in [-0.25, -0.2) is 19.7 Å². The second-order valence-electron chi connectivity index (χ2n) is 4.24. The summed E-state index contributed by atoms with van der Waals surface area (Å²) in [6.07, 6.45) is 4.97. The number of thioether (sulfide) groups is 1. The van der Waals surface area contributed by atoms with E-state index in [2.05, 4.69) is 30.6 Å². The van der Waals surface area contributed by atoms with Crippen molar-refractivity contribution in [2.45, 2.75) is 17.9 Å². The summed E-state index contributed by atoms with van der Waals surface area (Å²) < 4.78 is 0. The van der Waals surface area contributed by atoms with Crippen LogP contribution < -0.4 is 10.6 Å². The number of aromatic nitrogens is 4. The first kappa shape index (κ1) is 15.5. The molecule has 0 aromatic carbocycles. The number of carbonyl (C=O) groups excluding carboxylic acids is 1. The maximum absolute atomic E-state index is 11.2. The lowest BCUT2D eigenvalue weighted by Gasteiger charge is -2.06. The van der Waals surface area contributed by atoms with E-state index < -0.39 is 0 Å². The Kier molecular flexibility index (Phi) is 6.22. The number of imidazole rings is 1. The van der Waals surface area contributed by atoms with Crippen LogP contribution in [0.3, 0.4) is 0 Å². The molecule has 0 bridgehead atoms. The number of aliphatic hydroxyl groups excluding tert-OH is 1. The molecule has 0 spiro atoms. The molecule has 2 rings (SSSR count). The molecule has 0 radical (unpaired) electrons. The zero-order valence-electron chi connectivity index (χ0n) is 11.5. The van der Waals surface area contributed by atoms with E-state index in [1.807, 2.05) is 0 Å². The Balaban J connectivity index is 1.62. The maximum Gasteiger partial charge on any atom is 0.314 e. The van der Waals surface area contributed by atoms with Gasteiger partial charge < -0.3 is 20.7 Å². The molecule has 114 valence electrons. The zero-order valence-corrected chi connectivity index (χ0v) is 12.3. The molecule has 8 nitrogen and oxygen atoms in total. The van der Waals surface area contributed by atoms with Crippen LogP contribution in [-0.4, -0.2) is 56.5 Å². The minimum atomic E-state index is -0.244. The van der Waals surface area contributed by atoms with Gasteiger partial charge in [-0.05, 0) is 18.6 Å². The average Bonchev–Trinajstić information content (AvgIpc) is 2.97. The van der Waals surface area contributed by atoms with Gasteiger partial charge in [-0.2, -0.15) is 0 Å². The van der Waals surface area contributed by atoms with Gasteiger partial charge in [-0.15, -0.1) is 11.8 Å². The molecule has 0 aliphatic heterocycles. The molecule has 2 amide bonds.